The number of aromatic nitrogens is 1. The number of nitrogens with zero attached hydrogens (tertiary/aromatic N) is 1. The Labute approximate surface area is 126 Å². The lowest BCUT2D eigenvalue weighted by atomic mass is 10.1. The molecule has 0 fully saturated rings. The third kappa shape index (κ3) is 4.46. The second-order valence-corrected chi connectivity index (χ2v) is 4.88. The van der Waals surface area contributed by atoms with Crippen molar-refractivity contribution in [1.82, 2.24) is 10.3 Å². The minimum absolute atomic E-state index is 0.729. The van der Waals surface area contributed by atoms with Crippen molar-refractivity contribution >= 4 is 0 Å². The first-order chi connectivity index (χ1) is 10.2. The number of pyridine rings is 1. The van der Waals surface area contributed by atoms with Crippen molar-refractivity contribution in [3.8, 4) is 11.5 Å². The maximum absolute atomic E-state index is 5.35. The molecular weight excluding hydrogens is 264 g/mol. The number of aryl methyl sites for hydroxylation is 1. The molecular formula is C17H22N2O2. The number of hydrogen-bond acceptors (Lipinski definition) is 4. The predicted molar refractivity (Wildman–Crippen MR) is 83.9 cm³/mol. The summed E-state index contributed by atoms with van der Waals surface area (Å²) in [5.74, 6) is 1.79. The molecule has 0 radical (unpaired) electrons. The van der Waals surface area contributed by atoms with Gasteiger partial charge in [-0.15, -0.1) is 0 Å². The van der Waals surface area contributed by atoms with Crippen molar-refractivity contribution in [2.45, 2.75) is 19.9 Å². The van der Waals surface area contributed by atoms with Crippen LogP contribution in [-0.4, -0.2) is 25.7 Å². The van der Waals surface area contributed by atoms with E-state index in [0.29, 0.717) is 0 Å². The Balaban J connectivity index is 1.86. The average Bonchev–Trinajstić information content (AvgIpc) is 2.51. The smallest absolute Gasteiger partial charge is 0.122 e. The van der Waals surface area contributed by atoms with Gasteiger partial charge in [-0.3, -0.25) is 4.98 Å². The molecule has 1 aromatic carbocycles. The second kappa shape index (κ2) is 7.64. The normalized spacial score (nSPS) is 10.4. The third-order valence-electron chi connectivity index (χ3n) is 3.29. The van der Waals surface area contributed by atoms with Crippen molar-refractivity contribution in [3.63, 3.8) is 0 Å². The van der Waals surface area contributed by atoms with E-state index in [1.54, 1.807) is 14.2 Å². The summed E-state index contributed by atoms with van der Waals surface area (Å²) in [4.78, 5) is 4.49. The summed E-state index contributed by atoms with van der Waals surface area (Å²) in [6, 6.07) is 12.0. The zero-order chi connectivity index (χ0) is 15.1. The Hall–Kier alpha value is -2.07. The van der Waals surface area contributed by atoms with E-state index in [4.69, 9.17) is 9.47 Å². The van der Waals surface area contributed by atoms with Crippen molar-refractivity contribution in [2.24, 2.45) is 0 Å². The van der Waals surface area contributed by atoms with E-state index in [2.05, 4.69) is 16.4 Å². The molecule has 1 aromatic heterocycles. The zero-order valence-corrected chi connectivity index (χ0v) is 12.8. The highest BCUT2D eigenvalue weighted by Crippen LogP contribution is 2.17. The summed E-state index contributed by atoms with van der Waals surface area (Å²) < 4.78 is 10.6. The Morgan fingerprint density at radius 2 is 1.90 bits per heavy atom. The molecule has 0 aliphatic carbocycles. The monoisotopic (exact) mass is 286 g/mol. The van der Waals surface area contributed by atoms with Gasteiger partial charge in [0.15, 0.2) is 0 Å². The average molecular weight is 286 g/mol. The predicted octanol–water partition coefficient (Wildman–Crippen LogP) is 2.74. The first-order valence-corrected chi connectivity index (χ1v) is 7.07. The topological polar surface area (TPSA) is 43.4 Å². The molecule has 112 valence electrons. The third-order valence-corrected chi connectivity index (χ3v) is 3.29. The summed E-state index contributed by atoms with van der Waals surface area (Å²) in [6.45, 7) is 3.58. The standard InChI is InChI=1S/C17H22N2O2/c1-13-10-16(20-2)11-15(19-13)12-18-9-8-14-6-4-5-7-17(14)21-3/h4-7,10-11,18H,8-9,12H2,1-3H3. The van der Waals surface area contributed by atoms with Gasteiger partial charge in [-0.1, -0.05) is 18.2 Å². The SMILES string of the molecule is COc1cc(C)nc(CNCCc2ccccc2OC)c1. The summed E-state index contributed by atoms with van der Waals surface area (Å²) in [6.07, 6.45) is 0.924. The number of para-hydroxylation sites is 1. The van der Waals surface area contributed by atoms with Gasteiger partial charge in [0.05, 0.1) is 19.9 Å². The van der Waals surface area contributed by atoms with Crippen LogP contribution < -0.4 is 14.8 Å². The van der Waals surface area contributed by atoms with Crippen LogP contribution in [0.1, 0.15) is 17.0 Å². The quantitative estimate of drug-likeness (QED) is 0.795. The van der Waals surface area contributed by atoms with Crippen molar-refractivity contribution in [1.29, 1.82) is 0 Å². The minimum atomic E-state index is 0.729. The molecule has 1 heterocycles. The largest absolute Gasteiger partial charge is 0.497 e. The van der Waals surface area contributed by atoms with Crippen LogP contribution in [0, 0.1) is 6.92 Å². The molecule has 21 heavy (non-hydrogen) atoms. The van der Waals surface area contributed by atoms with Crippen LogP contribution >= 0.6 is 0 Å². The van der Waals surface area contributed by atoms with Crippen LogP contribution in [0.4, 0.5) is 0 Å². The van der Waals surface area contributed by atoms with E-state index in [-0.39, 0.29) is 0 Å². The van der Waals surface area contributed by atoms with Gasteiger partial charge >= 0.3 is 0 Å². The number of ether oxygens (including phenoxy) is 2. The van der Waals surface area contributed by atoms with Gasteiger partial charge in [0.2, 0.25) is 0 Å². The summed E-state index contributed by atoms with van der Waals surface area (Å²) >= 11 is 0. The number of nitrogens with one attached hydrogen (secondary N) is 1. The van der Waals surface area contributed by atoms with Gasteiger partial charge in [-0.25, -0.2) is 0 Å². The van der Waals surface area contributed by atoms with E-state index in [0.717, 1.165) is 42.4 Å². The minimum Gasteiger partial charge on any atom is -0.497 e. The van der Waals surface area contributed by atoms with Crippen molar-refractivity contribution < 1.29 is 9.47 Å². The molecule has 0 saturated heterocycles. The van der Waals surface area contributed by atoms with Gasteiger partial charge in [0, 0.05) is 24.4 Å². The molecule has 0 aliphatic rings. The second-order valence-electron chi connectivity index (χ2n) is 4.88. The lowest BCUT2D eigenvalue weighted by molar-refractivity contribution is 0.409. The lowest BCUT2D eigenvalue weighted by Gasteiger charge is -2.10. The molecule has 0 bridgehead atoms. The van der Waals surface area contributed by atoms with E-state index in [1.165, 1.54) is 5.56 Å². The Kier molecular flexibility index (Phi) is 5.58. The van der Waals surface area contributed by atoms with E-state index >= 15 is 0 Å². The van der Waals surface area contributed by atoms with E-state index in [1.807, 2.05) is 37.3 Å². The fraction of sp³-hybridized carbons (Fsp3) is 0.353. The zero-order valence-electron chi connectivity index (χ0n) is 12.8. The van der Waals surface area contributed by atoms with Crippen LogP contribution in [0.3, 0.4) is 0 Å². The fourth-order valence-corrected chi connectivity index (χ4v) is 2.26. The highest BCUT2D eigenvalue weighted by Gasteiger charge is 2.03. The first kappa shape index (κ1) is 15.3. The summed E-state index contributed by atoms with van der Waals surface area (Å²) in [7, 11) is 3.38. The molecule has 0 atom stereocenters. The first-order valence-electron chi connectivity index (χ1n) is 7.07. The molecule has 0 unspecified atom stereocenters. The maximum atomic E-state index is 5.35. The van der Waals surface area contributed by atoms with Crippen LogP contribution in [0.15, 0.2) is 36.4 Å². The fourth-order valence-electron chi connectivity index (χ4n) is 2.26. The maximum Gasteiger partial charge on any atom is 0.122 e. The number of methoxy groups -OCH3 is 2. The molecule has 4 nitrogen and oxygen atoms in total. The molecule has 2 rings (SSSR count). The molecule has 1 N–H and O–H groups in total. The Morgan fingerprint density at radius 3 is 2.67 bits per heavy atom. The van der Waals surface area contributed by atoms with Crippen LogP contribution in [0.2, 0.25) is 0 Å². The summed E-state index contributed by atoms with van der Waals surface area (Å²) in [5, 5.41) is 3.41. The number of benzene rings is 1. The number of hydrogen-bond donors (Lipinski definition) is 1. The molecule has 0 aliphatic heterocycles. The van der Waals surface area contributed by atoms with Gasteiger partial charge in [0.25, 0.3) is 0 Å². The van der Waals surface area contributed by atoms with Crippen LogP contribution in [-0.2, 0) is 13.0 Å². The number of rotatable bonds is 7. The van der Waals surface area contributed by atoms with E-state index in [9.17, 15) is 0 Å². The molecule has 2 aromatic rings. The van der Waals surface area contributed by atoms with Crippen LogP contribution in [0.25, 0.3) is 0 Å². The van der Waals surface area contributed by atoms with Gasteiger partial charge < -0.3 is 14.8 Å². The van der Waals surface area contributed by atoms with Gasteiger partial charge in [-0.2, -0.15) is 0 Å². The Bertz CT molecular complexity index is 585. The molecule has 0 saturated carbocycles. The van der Waals surface area contributed by atoms with Crippen molar-refractivity contribution in [3.05, 3.63) is 53.3 Å². The highest BCUT2D eigenvalue weighted by molar-refractivity contribution is 5.33. The highest BCUT2D eigenvalue weighted by atomic mass is 16.5. The Morgan fingerprint density at radius 1 is 1.10 bits per heavy atom. The van der Waals surface area contributed by atoms with Crippen molar-refractivity contribution in [2.75, 3.05) is 20.8 Å². The van der Waals surface area contributed by atoms with Gasteiger partial charge in [0.1, 0.15) is 11.5 Å². The lowest BCUT2D eigenvalue weighted by Crippen LogP contribution is -2.18. The summed E-state index contributed by atoms with van der Waals surface area (Å²) in [5.41, 5.74) is 3.17. The molecule has 4 heteroatoms. The van der Waals surface area contributed by atoms with E-state index < -0.39 is 0 Å². The molecule has 0 amide bonds. The van der Waals surface area contributed by atoms with Gasteiger partial charge in [-0.05, 0) is 31.5 Å². The molecule has 0 spiro atoms. The van der Waals surface area contributed by atoms with Crippen LogP contribution in [0.5, 0.6) is 11.5 Å².